The standard InChI is InChI=1S/C21H28N6OS/c1-14-10-15(2)12-17(11-14)23-20-24-19(25-26-20)22-13-16-6-8-18(9-7-16)29(28)27-21(3,4)5/h6-12,27H,13H2,1-5H3,(H3,22,23,24,25,26). The smallest absolute Gasteiger partial charge is 0.243 e. The molecule has 1 unspecified atom stereocenters. The molecule has 1 heterocycles. The van der Waals surface area contributed by atoms with Crippen molar-refractivity contribution in [2.24, 2.45) is 0 Å². The predicted octanol–water partition coefficient (Wildman–Crippen LogP) is 4.19. The van der Waals surface area contributed by atoms with E-state index in [9.17, 15) is 4.21 Å². The van der Waals surface area contributed by atoms with E-state index in [1.54, 1.807) is 0 Å². The maximum Gasteiger partial charge on any atom is 0.243 e. The number of nitrogens with one attached hydrogen (secondary N) is 4. The van der Waals surface area contributed by atoms with Crippen molar-refractivity contribution in [3.63, 3.8) is 0 Å². The minimum Gasteiger partial charge on any atom is -0.349 e. The molecule has 3 rings (SSSR count). The molecule has 0 aliphatic rings. The topological polar surface area (TPSA) is 94.7 Å². The van der Waals surface area contributed by atoms with Gasteiger partial charge in [0.2, 0.25) is 11.9 Å². The SMILES string of the molecule is Cc1cc(C)cc(Nc2nc(NCc3ccc(S(=O)NC(C)(C)C)cc3)n[nH]2)c1. The Kier molecular flexibility index (Phi) is 6.34. The van der Waals surface area contributed by atoms with Crippen LogP contribution in [-0.2, 0) is 17.5 Å². The molecule has 29 heavy (non-hydrogen) atoms. The Morgan fingerprint density at radius 2 is 1.69 bits per heavy atom. The molecular formula is C21H28N6OS. The molecular weight excluding hydrogens is 384 g/mol. The number of aromatic nitrogens is 3. The molecule has 0 saturated carbocycles. The van der Waals surface area contributed by atoms with E-state index in [0.29, 0.717) is 18.4 Å². The van der Waals surface area contributed by atoms with Crippen LogP contribution in [0.2, 0.25) is 0 Å². The van der Waals surface area contributed by atoms with Gasteiger partial charge in [0.1, 0.15) is 11.0 Å². The average molecular weight is 413 g/mol. The molecule has 7 nitrogen and oxygen atoms in total. The molecule has 8 heteroatoms. The molecule has 3 aromatic rings. The second-order valence-electron chi connectivity index (χ2n) is 8.13. The van der Waals surface area contributed by atoms with Crippen LogP contribution in [0.5, 0.6) is 0 Å². The average Bonchev–Trinajstić information content (AvgIpc) is 3.05. The highest BCUT2D eigenvalue weighted by molar-refractivity contribution is 7.83. The number of hydrogen-bond donors (Lipinski definition) is 4. The van der Waals surface area contributed by atoms with Crippen molar-refractivity contribution in [2.75, 3.05) is 10.6 Å². The first-order valence-corrected chi connectivity index (χ1v) is 10.6. The van der Waals surface area contributed by atoms with Crippen molar-refractivity contribution in [1.82, 2.24) is 19.9 Å². The van der Waals surface area contributed by atoms with Crippen molar-refractivity contribution < 1.29 is 4.21 Å². The van der Waals surface area contributed by atoms with Gasteiger partial charge < -0.3 is 10.6 Å². The molecule has 0 fully saturated rings. The Bertz CT molecular complexity index is 971. The van der Waals surface area contributed by atoms with Gasteiger partial charge in [0.15, 0.2) is 0 Å². The number of aryl methyl sites for hydroxylation is 2. The Balaban J connectivity index is 1.56. The molecule has 0 bridgehead atoms. The first-order valence-electron chi connectivity index (χ1n) is 9.48. The van der Waals surface area contributed by atoms with Crippen LogP contribution in [0.4, 0.5) is 17.6 Å². The summed E-state index contributed by atoms with van der Waals surface area (Å²) in [5.74, 6) is 1.09. The van der Waals surface area contributed by atoms with E-state index in [1.807, 2.05) is 45.0 Å². The lowest BCUT2D eigenvalue weighted by atomic mass is 10.1. The molecule has 0 radical (unpaired) electrons. The van der Waals surface area contributed by atoms with Crippen molar-refractivity contribution in [3.05, 3.63) is 59.2 Å². The number of H-pyrrole nitrogens is 1. The maximum atomic E-state index is 12.3. The van der Waals surface area contributed by atoms with E-state index in [2.05, 4.69) is 62.6 Å². The Labute approximate surface area is 174 Å². The number of nitrogens with zero attached hydrogens (tertiary/aromatic N) is 2. The molecule has 2 aromatic carbocycles. The van der Waals surface area contributed by atoms with Gasteiger partial charge in [-0.25, -0.2) is 14.0 Å². The van der Waals surface area contributed by atoms with Gasteiger partial charge in [-0.3, -0.25) is 0 Å². The van der Waals surface area contributed by atoms with Crippen LogP contribution in [0.25, 0.3) is 0 Å². The van der Waals surface area contributed by atoms with Crippen LogP contribution in [0.1, 0.15) is 37.5 Å². The zero-order valence-corrected chi connectivity index (χ0v) is 18.3. The summed E-state index contributed by atoms with van der Waals surface area (Å²) < 4.78 is 15.4. The number of aromatic amines is 1. The maximum absolute atomic E-state index is 12.3. The summed E-state index contributed by atoms with van der Waals surface area (Å²) in [6, 6.07) is 13.9. The Morgan fingerprint density at radius 1 is 1.03 bits per heavy atom. The van der Waals surface area contributed by atoms with Gasteiger partial charge in [-0.15, -0.1) is 5.10 Å². The van der Waals surface area contributed by atoms with Crippen molar-refractivity contribution in [1.29, 1.82) is 0 Å². The van der Waals surface area contributed by atoms with Crippen LogP contribution >= 0.6 is 0 Å². The van der Waals surface area contributed by atoms with Crippen LogP contribution < -0.4 is 15.4 Å². The first kappa shape index (κ1) is 21.0. The van der Waals surface area contributed by atoms with Gasteiger partial charge in [0.05, 0.1) is 4.90 Å². The van der Waals surface area contributed by atoms with Crippen molar-refractivity contribution >= 4 is 28.6 Å². The summed E-state index contributed by atoms with van der Waals surface area (Å²) >= 11 is 0. The largest absolute Gasteiger partial charge is 0.349 e. The van der Waals surface area contributed by atoms with Gasteiger partial charge in [0, 0.05) is 17.8 Å². The van der Waals surface area contributed by atoms with Gasteiger partial charge >= 0.3 is 0 Å². The number of anilines is 3. The monoisotopic (exact) mass is 412 g/mol. The molecule has 1 atom stereocenters. The number of benzene rings is 2. The highest BCUT2D eigenvalue weighted by Crippen LogP contribution is 2.18. The lowest BCUT2D eigenvalue weighted by Crippen LogP contribution is -2.37. The van der Waals surface area contributed by atoms with E-state index in [4.69, 9.17) is 0 Å². The molecule has 0 spiro atoms. The van der Waals surface area contributed by atoms with E-state index < -0.39 is 11.0 Å². The predicted molar refractivity (Wildman–Crippen MR) is 119 cm³/mol. The quantitative estimate of drug-likeness (QED) is 0.467. The zero-order chi connectivity index (χ0) is 21.0. The Morgan fingerprint density at radius 3 is 2.31 bits per heavy atom. The van der Waals surface area contributed by atoms with Crippen molar-refractivity contribution in [2.45, 2.75) is 51.6 Å². The lowest BCUT2D eigenvalue weighted by Gasteiger charge is -2.19. The lowest BCUT2D eigenvalue weighted by molar-refractivity contribution is 0.519. The Hall–Kier alpha value is -2.71. The van der Waals surface area contributed by atoms with Crippen LogP contribution in [0.3, 0.4) is 0 Å². The molecule has 0 amide bonds. The molecule has 0 aliphatic heterocycles. The second kappa shape index (κ2) is 8.75. The van der Waals surface area contributed by atoms with Gasteiger partial charge in [-0.1, -0.05) is 18.2 Å². The third-order valence-electron chi connectivity index (χ3n) is 3.96. The van der Waals surface area contributed by atoms with Gasteiger partial charge in [0.25, 0.3) is 0 Å². The molecule has 1 aromatic heterocycles. The summed E-state index contributed by atoms with van der Waals surface area (Å²) in [7, 11) is -1.23. The summed E-state index contributed by atoms with van der Waals surface area (Å²) in [5.41, 5.74) is 4.19. The molecule has 0 saturated heterocycles. The highest BCUT2D eigenvalue weighted by Gasteiger charge is 2.14. The third-order valence-corrected chi connectivity index (χ3v) is 5.45. The fraction of sp³-hybridized carbons (Fsp3) is 0.333. The number of hydrogen-bond acceptors (Lipinski definition) is 5. The van der Waals surface area contributed by atoms with E-state index in [0.717, 1.165) is 16.1 Å². The summed E-state index contributed by atoms with van der Waals surface area (Å²) in [6.07, 6.45) is 0. The fourth-order valence-electron chi connectivity index (χ4n) is 2.83. The fourth-order valence-corrected chi connectivity index (χ4v) is 3.89. The minimum atomic E-state index is -1.23. The second-order valence-corrected chi connectivity index (χ2v) is 9.34. The third kappa shape index (κ3) is 6.40. The van der Waals surface area contributed by atoms with Crippen LogP contribution in [-0.4, -0.2) is 24.9 Å². The van der Waals surface area contributed by atoms with Gasteiger partial charge in [-0.2, -0.15) is 4.98 Å². The molecule has 0 aliphatic carbocycles. The van der Waals surface area contributed by atoms with E-state index in [1.165, 1.54) is 11.1 Å². The van der Waals surface area contributed by atoms with Crippen molar-refractivity contribution in [3.8, 4) is 0 Å². The first-order chi connectivity index (χ1) is 13.7. The summed E-state index contributed by atoms with van der Waals surface area (Å²) in [6.45, 7) is 10.7. The summed E-state index contributed by atoms with van der Waals surface area (Å²) in [4.78, 5) is 5.17. The number of rotatable bonds is 7. The highest BCUT2D eigenvalue weighted by atomic mass is 32.2. The van der Waals surface area contributed by atoms with E-state index in [-0.39, 0.29) is 5.54 Å². The molecule has 4 N–H and O–H groups in total. The van der Waals surface area contributed by atoms with E-state index >= 15 is 0 Å². The normalized spacial score (nSPS) is 12.6. The minimum absolute atomic E-state index is 0.209. The van der Waals surface area contributed by atoms with Crippen LogP contribution in [0.15, 0.2) is 47.4 Å². The van der Waals surface area contributed by atoms with Crippen LogP contribution in [0, 0.1) is 13.8 Å². The zero-order valence-electron chi connectivity index (χ0n) is 17.5. The van der Waals surface area contributed by atoms with Gasteiger partial charge in [-0.05, 0) is 75.6 Å². The summed E-state index contributed by atoms with van der Waals surface area (Å²) in [5, 5.41) is 13.5. The molecule has 154 valence electrons.